The predicted molar refractivity (Wildman–Crippen MR) is 117 cm³/mol. The van der Waals surface area contributed by atoms with Crippen LogP contribution in [0.5, 0.6) is 17.2 Å². The molecule has 0 aromatic heterocycles. The van der Waals surface area contributed by atoms with E-state index in [4.69, 9.17) is 14.2 Å². The average Bonchev–Trinajstić information content (AvgIpc) is 2.71. The number of rotatable bonds is 12. The molecule has 0 heterocycles. The Morgan fingerprint density at radius 2 is 1.69 bits per heavy atom. The van der Waals surface area contributed by atoms with Gasteiger partial charge in [-0.1, -0.05) is 44.2 Å². The standard InChI is InChI=1S/C24H35NO4/c1-18(2)13-14-25(15-20-10-8-12-23(27-4)24(20)28-5)16-21(26)17-29-22-11-7-6-9-19(22)3/h6-12,18,21,26H,13-17H2,1-5H3/t21-/m1/s1. The van der Waals surface area contributed by atoms with Crippen molar-refractivity contribution in [2.45, 2.75) is 39.8 Å². The van der Waals surface area contributed by atoms with E-state index in [0.29, 0.717) is 19.0 Å². The first-order valence-electron chi connectivity index (χ1n) is 10.2. The van der Waals surface area contributed by atoms with Crippen molar-refractivity contribution in [3.05, 3.63) is 53.6 Å². The van der Waals surface area contributed by atoms with Gasteiger partial charge in [-0.3, -0.25) is 4.90 Å². The van der Waals surface area contributed by atoms with E-state index in [-0.39, 0.29) is 6.61 Å². The molecule has 0 unspecified atom stereocenters. The maximum absolute atomic E-state index is 10.6. The smallest absolute Gasteiger partial charge is 0.165 e. The van der Waals surface area contributed by atoms with Gasteiger partial charge in [0.15, 0.2) is 11.5 Å². The minimum absolute atomic E-state index is 0.262. The van der Waals surface area contributed by atoms with E-state index in [1.165, 1.54) is 0 Å². The first-order chi connectivity index (χ1) is 13.9. The van der Waals surface area contributed by atoms with Crippen molar-refractivity contribution in [1.29, 1.82) is 0 Å². The number of aliphatic hydroxyl groups excluding tert-OH is 1. The molecule has 0 saturated heterocycles. The molecule has 0 spiro atoms. The molecule has 0 aliphatic rings. The van der Waals surface area contributed by atoms with Crippen LogP contribution in [0.2, 0.25) is 0 Å². The van der Waals surface area contributed by atoms with Crippen LogP contribution in [0.3, 0.4) is 0 Å². The molecular formula is C24H35NO4. The summed E-state index contributed by atoms with van der Waals surface area (Å²) >= 11 is 0. The van der Waals surface area contributed by atoms with Crippen LogP contribution in [0.15, 0.2) is 42.5 Å². The normalized spacial score (nSPS) is 12.3. The molecule has 2 aromatic rings. The van der Waals surface area contributed by atoms with Gasteiger partial charge in [0.05, 0.1) is 14.2 Å². The largest absolute Gasteiger partial charge is 0.493 e. The van der Waals surface area contributed by atoms with Crippen LogP contribution in [-0.2, 0) is 6.54 Å². The Kier molecular flexibility index (Phi) is 9.29. The Balaban J connectivity index is 2.05. The van der Waals surface area contributed by atoms with Crippen LogP contribution < -0.4 is 14.2 Å². The zero-order valence-corrected chi connectivity index (χ0v) is 18.4. The minimum atomic E-state index is -0.585. The van der Waals surface area contributed by atoms with Crippen molar-refractivity contribution < 1.29 is 19.3 Å². The Morgan fingerprint density at radius 1 is 0.966 bits per heavy atom. The number of hydrogen-bond acceptors (Lipinski definition) is 5. The van der Waals surface area contributed by atoms with Gasteiger partial charge in [-0.2, -0.15) is 0 Å². The number of ether oxygens (including phenoxy) is 3. The molecule has 5 heteroatoms. The molecule has 1 atom stereocenters. The second-order valence-electron chi connectivity index (χ2n) is 7.80. The molecule has 0 fully saturated rings. The van der Waals surface area contributed by atoms with Gasteiger partial charge < -0.3 is 19.3 Å². The lowest BCUT2D eigenvalue weighted by Gasteiger charge is -2.27. The number of hydrogen-bond donors (Lipinski definition) is 1. The van der Waals surface area contributed by atoms with Gasteiger partial charge in [0.2, 0.25) is 0 Å². The van der Waals surface area contributed by atoms with Crippen molar-refractivity contribution in [3.63, 3.8) is 0 Å². The molecule has 29 heavy (non-hydrogen) atoms. The molecular weight excluding hydrogens is 366 g/mol. The summed E-state index contributed by atoms with van der Waals surface area (Å²) in [7, 11) is 3.30. The highest BCUT2D eigenvalue weighted by atomic mass is 16.5. The van der Waals surface area contributed by atoms with Gasteiger partial charge >= 0.3 is 0 Å². The fourth-order valence-electron chi connectivity index (χ4n) is 3.25. The van der Waals surface area contributed by atoms with Gasteiger partial charge in [0.25, 0.3) is 0 Å². The van der Waals surface area contributed by atoms with Crippen LogP contribution in [0.4, 0.5) is 0 Å². The van der Waals surface area contributed by atoms with Crippen molar-refractivity contribution in [2.75, 3.05) is 33.9 Å². The average molecular weight is 402 g/mol. The topological polar surface area (TPSA) is 51.2 Å². The number of para-hydroxylation sites is 2. The van der Waals surface area contributed by atoms with Crippen molar-refractivity contribution in [3.8, 4) is 17.2 Å². The molecule has 0 radical (unpaired) electrons. The number of aryl methyl sites for hydroxylation is 1. The van der Waals surface area contributed by atoms with E-state index in [1.54, 1.807) is 14.2 Å². The Bertz CT molecular complexity index is 747. The molecule has 2 rings (SSSR count). The summed E-state index contributed by atoms with van der Waals surface area (Å²) in [5.41, 5.74) is 2.11. The summed E-state index contributed by atoms with van der Waals surface area (Å²) in [5, 5.41) is 10.6. The summed E-state index contributed by atoms with van der Waals surface area (Å²) in [6.07, 6.45) is 0.468. The lowest BCUT2D eigenvalue weighted by molar-refractivity contribution is 0.0634. The SMILES string of the molecule is COc1cccc(CN(CCC(C)C)C[C@@H](O)COc2ccccc2C)c1OC. The highest BCUT2D eigenvalue weighted by Crippen LogP contribution is 2.31. The van der Waals surface area contributed by atoms with Crippen molar-refractivity contribution in [2.24, 2.45) is 5.92 Å². The third kappa shape index (κ3) is 7.26. The summed E-state index contributed by atoms with van der Waals surface area (Å²) in [5.74, 6) is 2.87. The van der Waals surface area contributed by atoms with Gasteiger partial charge in [-0.15, -0.1) is 0 Å². The predicted octanol–water partition coefficient (Wildman–Crippen LogP) is 4.30. The second kappa shape index (κ2) is 11.7. The maximum atomic E-state index is 10.6. The first-order valence-corrected chi connectivity index (χ1v) is 10.2. The Morgan fingerprint density at radius 3 is 2.34 bits per heavy atom. The maximum Gasteiger partial charge on any atom is 0.165 e. The van der Waals surface area contributed by atoms with E-state index in [1.807, 2.05) is 49.4 Å². The highest BCUT2D eigenvalue weighted by molar-refractivity contribution is 5.46. The fraction of sp³-hybridized carbons (Fsp3) is 0.500. The Labute approximate surface area is 175 Å². The number of methoxy groups -OCH3 is 2. The van der Waals surface area contributed by atoms with Crippen LogP contribution in [0, 0.1) is 12.8 Å². The zero-order valence-electron chi connectivity index (χ0n) is 18.4. The molecule has 0 aliphatic carbocycles. The van der Waals surface area contributed by atoms with Crippen molar-refractivity contribution in [1.82, 2.24) is 4.90 Å². The highest BCUT2D eigenvalue weighted by Gasteiger charge is 2.17. The third-order valence-corrected chi connectivity index (χ3v) is 4.89. The van der Waals surface area contributed by atoms with Gasteiger partial charge in [-0.25, -0.2) is 0 Å². The van der Waals surface area contributed by atoms with E-state index in [2.05, 4.69) is 18.7 Å². The molecule has 0 saturated carbocycles. The first kappa shape index (κ1) is 23.0. The lowest BCUT2D eigenvalue weighted by atomic mass is 10.1. The number of benzene rings is 2. The molecule has 5 nitrogen and oxygen atoms in total. The molecule has 0 aliphatic heterocycles. The van der Waals surface area contributed by atoms with Crippen LogP contribution >= 0.6 is 0 Å². The molecule has 160 valence electrons. The van der Waals surface area contributed by atoms with E-state index in [9.17, 15) is 5.11 Å². The molecule has 1 N–H and O–H groups in total. The lowest BCUT2D eigenvalue weighted by Crippen LogP contribution is -2.36. The van der Waals surface area contributed by atoms with Crippen molar-refractivity contribution >= 4 is 0 Å². The molecule has 2 aromatic carbocycles. The number of nitrogens with zero attached hydrogens (tertiary/aromatic N) is 1. The summed E-state index contributed by atoms with van der Waals surface area (Å²) in [6, 6.07) is 13.8. The summed E-state index contributed by atoms with van der Waals surface area (Å²) in [4.78, 5) is 2.25. The Hall–Kier alpha value is -2.24. The third-order valence-electron chi connectivity index (χ3n) is 4.89. The van der Waals surface area contributed by atoms with Gasteiger partial charge in [-0.05, 0) is 43.5 Å². The van der Waals surface area contributed by atoms with Crippen LogP contribution in [-0.4, -0.2) is 50.0 Å². The van der Waals surface area contributed by atoms with Crippen LogP contribution in [0.1, 0.15) is 31.4 Å². The van der Waals surface area contributed by atoms with Crippen LogP contribution in [0.25, 0.3) is 0 Å². The van der Waals surface area contributed by atoms with Gasteiger partial charge in [0.1, 0.15) is 18.5 Å². The molecule has 0 bridgehead atoms. The quantitative estimate of drug-likeness (QED) is 0.575. The second-order valence-corrected chi connectivity index (χ2v) is 7.80. The van der Waals surface area contributed by atoms with E-state index < -0.39 is 6.10 Å². The van der Waals surface area contributed by atoms with Gasteiger partial charge in [0, 0.05) is 18.7 Å². The van der Waals surface area contributed by atoms with E-state index in [0.717, 1.165) is 41.3 Å². The van der Waals surface area contributed by atoms with E-state index >= 15 is 0 Å². The summed E-state index contributed by atoms with van der Waals surface area (Å²) in [6.45, 7) is 8.78. The monoisotopic (exact) mass is 401 g/mol. The summed E-state index contributed by atoms with van der Waals surface area (Å²) < 4.78 is 16.8. The number of aliphatic hydroxyl groups is 1. The minimum Gasteiger partial charge on any atom is -0.493 e. The fourth-order valence-corrected chi connectivity index (χ4v) is 3.25. The molecule has 0 amide bonds. The zero-order chi connectivity index (χ0) is 21.2.